The topological polar surface area (TPSA) is 45.1 Å². The number of hydrogen-bond acceptors (Lipinski definition) is 4. The van der Waals surface area contributed by atoms with Crippen LogP contribution >= 0.6 is 0 Å². The van der Waals surface area contributed by atoms with Crippen molar-refractivity contribution in [3.05, 3.63) is 0 Å². The second-order valence-corrected chi connectivity index (χ2v) is 4.39. The van der Waals surface area contributed by atoms with Crippen LogP contribution in [0.25, 0.3) is 0 Å². The first-order chi connectivity index (χ1) is 7.35. The van der Waals surface area contributed by atoms with Crippen LogP contribution in [0.5, 0.6) is 0 Å². The largest absolute Gasteiger partial charge is 0.411 e. The molecule has 2 atom stereocenters. The molecule has 2 rings (SSSR count). The van der Waals surface area contributed by atoms with Crippen molar-refractivity contribution < 1.29 is 9.94 Å². The van der Waals surface area contributed by atoms with Crippen LogP contribution in [0.15, 0.2) is 5.16 Å². The highest BCUT2D eigenvalue weighted by atomic mass is 16.5. The van der Waals surface area contributed by atoms with E-state index in [0.29, 0.717) is 12.1 Å². The van der Waals surface area contributed by atoms with Crippen LogP contribution in [0.1, 0.15) is 32.6 Å². The summed E-state index contributed by atoms with van der Waals surface area (Å²) < 4.78 is 5.39. The fraction of sp³-hybridized carbons (Fsp3) is 0.909. The molecule has 15 heavy (non-hydrogen) atoms. The maximum absolute atomic E-state index is 8.80. The van der Waals surface area contributed by atoms with E-state index < -0.39 is 0 Å². The van der Waals surface area contributed by atoms with Gasteiger partial charge in [0.1, 0.15) is 0 Å². The maximum Gasteiger partial charge on any atom is 0.0601 e. The monoisotopic (exact) mass is 212 g/mol. The van der Waals surface area contributed by atoms with Gasteiger partial charge in [0, 0.05) is 38.1 Å². The maximum atomic E-state index is 8.80. The average molecular weight is 212 g/mol. The molecule has 1 N–H and O–H groups in total. The molecule has 0 spiro atoms. The van der Waals surface area contributed by atoms with Gasteiger partial charge in [-0.25, -0.2) is 0 Å². The van der Waals surface area contributed by atoms with Crippen molar-refractivity contribution in [3.8, 4) is 0 Å². The molecule has 0 aromatic carbocycles. The summed E-state index contributed by atoms with van der Waals surface area (Å²) in [4.78, 5) is 2.53. The molecule has 2 unspecified atom stereocenters. The molecule has 0 aromatic heterocycles. The van der Waals surface area contributed by atoms with Gasteiger partial charge in [-0.3, -0.25) is 4.90 Å². The van der Waals surface area contributed by atoms with Gasteiger partial charge in [0.05, 0.1) is 12.3 Å². The van der Waals surface area contributed by atoms with E-state index in [-0.39, 0.29) is 0 Å². The molecule has 0 radical (unpaired) electrons. The van der Waals surface area contributed by atoms with Gasteiger partial charge in [-0.1, -0.05) is 5.16 Å². The predicted molar refractivity (Wildman–Crippen MR) is 58.5 cm³/mol. The summed E-state index contributed by atoms with van der Waals surface area (Å²) in [7, 11) is 0. The van der Waals surface area contributed by atoms with E-state index in [9.17, 15) is 0 Å². The molecular formula is C11H20N2O2. The lowest BCUT2D eigenvalue weighted by molar-refractivity contribution is 0.0881. The molecule has 2 heterocycles. The van der Waals surface area contributed by atoms with Crippen LogP contribution in [-0.2, 0) is 4.74 Å². The molecule has 2 aliphatic heterocycles. The van der Waals surface area contributed by atoms with Gasteiger partial charge in [-0.2, -0.15) is 0 Å². The first-order valence-electron chi connectivity index (χ1n) is 5.88. The number of hydrogen-bond donors (Lipinski definition) is 1. The first kappa shape index (κ1) is 10.9. The third-order valence-electron chi connectivity index (χ3n) is 3.55. The Morgan fingerprint density at radius 1 is 1.40 bits per heavy atom. The van der Waals surface area contributed by atoms with Crippen molar-refractivity contribution in [2.24, 2.45) is 5.16 Å². The van der Waals surface area contributed by atoms with E-state index in [0.717, 1.165) is 38.3 Å². The van der Waals surface area contributed by atoms with Crippen LogP contribution in [0, 0.1) is 0 Å². The van der Waals surface area contributed by atoms with E-state index in [1.165, 1.54) is 12.8 Å². The molecule has 0 amide bonds. The van der Waals surface area contributed by atoms with Gasteiger partial charge in [0.25, 0.3) is 0 Å². The summed E-state index contributed by atoms with van der Waals surface area (Å²) in [6.45, 7) is 4.69. The van der Waals surface area contributed by atoms with Gasteiger partial charge in [-0.15, -0.1) is 0 Å². The van der Waals surface area contributed by atoms with Crippen molar-refractivity contribution in [2.75, 3.05) is 19.8 Å². The van der Waals surface area contributed by atoms with Crippen LogP contribution in [0.4, 0.5) is 0 Å². The Hall–Kier alpha value is -0.610. The minimum atomic E-state index is 0.593. The van der Waals surface area contributed by atoms with Crippen LogP contribution in [0.3, 0.4) is 0 Å². The molecule has 2 aliphatic rings. The van der Waals surface area contributed by atoms with Crippen molar-refractivity contribution in [2.45, 2.75) is 44.7 Å². The van der Waals surface area contributed by atoms with Gasteiger partial charge >= 0.3 is 0 Å². The first-order valence-corrected chi connectivity index (χ1v) is 5.88. The zero-order chi connectivity index (χ0) is 10.7. The number of ether oxygens (including phenoxy) is 1. The quantitative estimate of drug-likeness (QED) is 0.436. The summed E-state index contributed by atoms with van der Waals surface area (Å²) >= 11 is 0. The van der Waals surface area contributed by atoms with E-state index in [1.54, 1.807) is 0 Å². The molecule has 4 heteroatoms. The van der Waals surface area contributed by atoms with Gasteiger partial charge < -0.3 is 9.94 Å². The summed E-state index contributed by atoms with van der Waals surface area (Å²) in [5.41, 5.74) is 0.982. The third-order valence-corrected chi connectivity index (χ3v) is 3.55. The van der Waals surface area contributed by atoms with Crippen molar-refractivity contribution >= 4 is 5.71 Å². The zero-order valence-corrected chi connectivity index (χ0v) is 9.35. The van der Waals surface area contributed by atoms with Crippen molar-refractivity contribution in [3.63, 3.8) is 0 Å². The number of oxime groups is 1. The Balaban J connectivity index is 1.87. The third kappa shape index (κ3) is 2.32. The Bertz CT molecular complexity index is 227. The molecule has 2 bridgehead atoms. The smallest absolute Gasteiger partial charge is 0.0601 e. The molecule has 0 aliphatic carbocycles. The van der Waals surface area contributed by atoms with Gasteiger partial charge in [0.2, 0.25) is 0 Å². The predicted octanol–water partition coefficient (Wildman–Crippen LogP) is 1.48. The van der Waals surface area contributed by atoms with E-state index in [2.05, 4.69) is 10.1 Å². The lowest BCUT2D eigenvalue weighted by Gasteiger charge is -2.34. The number of fused-ring (bicyclic) bond motifs is 2. The molecule has 0 aromatic rings. The second-order valence-electron chi connectivity index (χ2n) is 4.39. The van der Waals surface area contributed by atoms with Crippen LogP contribution in [0.2, 0.25) is 0 Å². The molecular weight excluding hydrogens is 192 g/mol. The zero-order valence-electron chi connectivity index (χ0n) is 9.35. The van der Waals surface area contributed by atoms with E-state index in [1.807, 2.05) is 6.92 Å². The van der Waals surface area contributed by atoms with Gasteiger partial charge in [-0.05, 0) is 19.8 Å². The highest BCUT2D eigenvalue weighted by Gasteiger charge is 2.38. The minimum absolute atomic E-state index is 0.593. The minimum Gasteiger partial charge on any atom is -0.411 e. The Morgan fingerprint density at radius 2 is 2.07 bits per heavy atom. The molecule has 0 saturated carbocycles. The molecule has 2 saturated heterocycles. The SMILES string of the molecule is CCOCCN1C2CCC1CC(=NO)C2. The van der Waals surface area contributed by atoms with E-state index in [4.69, 9.17) is 9.94 Å². The summed E-state index contributed by atoms with van der Waals surface area (Å²) in [6.07, 6.45) is 4.38. The second kappa shape index (κ2) is 4.94. The Kier molecular flexibility index (Phi) is 3.59. The van der Waals surface area contributed by atoms with E-state index >= 15 is 0 Å². The van der Waals surface area contributed by atoms with Crippen molar-refractivity contribution in [1.29, 1.82) is 0 Å². The number of nitrogens with zero attached hydrogens (tertiary/aromatic N) is 2. The normalized spacial score (nSPS) is 30.9. The molecule has 2 fully saturated rings. The summed E-state index contributed by atoms with van der Waals surface area (Å²) in [6, 6.07) is 1.19. The highest BCUT2D eigenvalue weighted by molar-refractivity contribution is 5.86. The summed E-state index contributed by atoms with van der Waals surface area (Å²) in [5.74, 6) is 0. The summed E-state index contributed by atoms with van der Waals surface area (Å²) in [5, 5.41) is 12.2. The molecule has 4 nitrogen and oxygen atoms in total. The highest BCUT2D eigenvalue weighted by Crippen LogP contribution is 2.33. The fourth-order valence-electron chi connectivity index (χ4n) is 2.84. The van der Waals surface area contributed by atoms with Gasteiger partial charge in [0.15, 0.2) is 0 Å². The van der Waals surface area contributed by atoms with Crippen LogP contribution in [-0.4, -0.2) is 47.7 Å². The van der Waals surface area contributed by atoms with Crippen molar-refractivity contribution in [1.82, 2.24) is 4.90 Å². The Labute approximate surface area is 90.9 Å². The average Bonchev–Trinajstić information content (AvgIpc) is 2.51. The number of piperidine rings is 1. The number of rotatable bonds is 4. The van der Waals surface area contributed by atoms with Crippen LogP contribution < -0.4 is 0 Å². The fourth-order valence-corrected chi connectivity index (χ4v) is 2.84. The lowest BCUT2D eigenvalue weighted by Crippen LogP contribution is -2.44. The molecule has 86 valence electrons. The Morgan fingerprint density at radius 3 is 2.60 bits per heavy atom. The lowest BCUT2D eigenvalue weighted by atomic mass is 10.0. The standard InChI is InChI=1S/C11H20N2O2/c1-2-15-6-5-13-10-3-4-11(13)8-9(7-10)12-14/h10-11,14H,2-8H2,1H3.